The van der Waals surface area contributed by atoms with Crippen molar-refractivity contribution in [1.29, 1.82) is 0 Å². The first-order valence-electron chi connectivity index (χ1n) is 8.66. The van der Waals surface area contributed by atoms with Gasteiger partial charge in [0.2, 0.25) is 0 Å². The highest BCUT2D eigenvalue weighted by atomic mass is 127. The summed E-state index contributed by atoms with van der Waals surface area (Å²) in [5, 5.41) is 6.71. The quantitative estimate of drug-likeness (QED) is 0.381. The molecule has 2 aromatic rings. The van der Waals surface area contributed by atoms with E-state index in [1.165, 1.54) is 16.7 Å². The van der Waals surface area contributed by atoms with E-state index in [0.29, 0.717) is 5.92 Å². The molecule has 0 saturated carbocycles. The molecule has 1 aromatic carbocycles. The van der Waals surface area contributed by atoms with Gasteiger partial charge in [0.05, 0.1) is 0 Å². The van der Waals surface area contributed by atoms with Gasteiger partial charge in [-0.15, -0.1) is 24.0 Å². The van der Waals surface area contributed by atoms with E-state index >= 15 is 0 Å². The van der Waals surface area contributed by atoms with Crippen molar-refractivity contribution in [2.75, 3.05) is 19.6 Å². The summed E-state index contributed by atoms with van der Waals surface area (Å²) < 4.78 is 0. The van der Waals surface area contributed by atoms with Crippen LogP contribution in [0.3, 0.4) is 0 Å². The molecule has 1 atom stereocenters. The average Bonchev–Trinajstić information content (AvgIpc) is 2.60. The molecule has 0 aliphatic rings. The lowest BCUT2D eigenvalue weighted by molar-refractivity contribution is 0.745. The van der Waals surface area contributed by atoms with Gasteiger partial charge in [0.15, 0.2) is 5.96 Å². The minimum absolute atomic E-state index is 0. The highest BCUT2D eigenvalue weighted by Crippen LogP contribution is 2.16. The molecule has 2 rings (SSSR count). The van der Waals surface area contributed by atoms with Gasteiger partial charge in [0.25, 0.3) is 0 Å². The van der Waals surface area contributed by atoms with Gasteiger partial charge in [0.1, 0.15) is 0 Å². The second kappa shape index (κ2) is 11.8. The number of nitrogens with zero attached hydrogens (tertiary/aromatic N) is 2. The van der Waals surface area contributed by atoms with Crippen LogP contribution in [-0.2, 0) is 6.42 Å². The fourth-order valence-corrected chi connectivity index (χ4v) is 2.52. The number of rotatable bonds is 7. The molecule has 25 heavy (non-hydrogen) atoms. The third-order valence-electron chi connectivity index (χ3n) is 3.91. The first-order valence-corrected chi connectivity index (χ1v) is 8.66. The Hall–Kier alpha value is -1.63. The highest BCUT2D eigenvalue weighted by molar-refractivity contribution is 14.0. The number of hydrogen-bond acceptors (Lipinski definition) is 2. The normalized spacial score (nSPS) is 12.2. The molecule has 1 unspecified atom stereocenters. The predicted molar refractivity (Wildman–Crippen MR) is 117 cm³/mol. The van der Waals surface area contributed by atoms with Crippen molar-refractivity contribution in [2.45, 2.75) is 33.1 Å². The molecule has 4 nitrogen and oxygen atoms in total. The molecule has 5 heteroatoms. The number of pyridine rings is 1. The molecule has 0 saturated heterocycles. The number of aliphatic imine (C=N–C) groups is 1. The number of halogens is 1. The smallest absolute Gasteiger partial charge is 0.191 e. The van der Waals surface area contributed by atoms with Crippen LogP contribution in [0, 0.1) is 6.92 Å². The van der Waals surface area contributed by atoms with Gasteiger partial charge in [-0.05, 0) is 37.5 Å². The molecule has 0 bridgehead atoms. The van der Waals surface area contributed by atoms with Gasteiger partial charge in [-0.1, -0.05) is 42.8 Å². The fourth-order valence-electron chi connectivity index (χ4n) is 2.52. The molecule has 0 radical (unpaired) electrons. The van der Waals surface area contributed by atoms with E-state index in [9.17, 15) is 0 Å². The second-order valence-corrected chi connectivity index (χ2v) is 6.07. The number of aromatic nitrogens is 1. The van der Waals surface area contributed by atoms with E-state index in [1.807, 2.05) is 12.3 Å². The van der Waals surface area contributed by atoms with Crippen molar-refractivity contribution in [3.8, 4) is 0 Å². The maximum absolute atomic E-state index is 4.73. The molecule has 136 valence electrons. The van der Waals surface area contributed by atoms with Gasteiger partial charge in [0, 0.05) is 37.9 Å². The van der Waals surface area contributed by atoms with Crippen LogP contribution < -0.4 is 10.6 Å². The molecule has 0 aliphatic heterocycles. The zero-order valence-corrected chi connectivity index (χ0v) is 17.7. The Balaban J connectivity index is 0.00000312. The Morgan fingerprint density at radius 1 is 1.20 bits per heavy atom. The Morgan fingerprint density at radius 3 is 2.72 bits per heavy atom. The van der Waals surface area contributed by atoms with Crippen LogP contribution in [0.5, 0.6) is 0 Å². The van der Waals surface area contributed by atoms with E-state index in [2.05, 4.69) is 66.7 Å². The molecule has 0 aliphatic carbocycles. The molecule has 0 fully saturated rings. The Bertz CT molecular complexity index is 643. The van der Waals surface area contributed by atoms with Gasteiger partial charge in [-0.2, -0.15) is 0 Å². The molecular weight excluding hydrogens is 423 g/mol. The summed E-state index contributed by atoms with van der Waals surface area (Å²) in [7, 11) is 0. The summed E-state index contributed by atoms with van der Waals surface area (Å²) in [4.78, 5) is 8.87. The van der Waals surface area contributed by atoms with Crippen LogP contribution in [0.4, 0.5) is 0 Å². The van der Waals surface area contributed by atoms with Crippen molar-refractivity contribution in [1.82, 2.24) is 15.6 Å². The summed E-state index contributed by atoms with van der Waals surface area (Å²) >= 11 is 0. The zero-order valence-electron chi connectivity index (χ0n) is 15.3. The number of benzene rings is 1. The first-order chi connectivity index (χ1) is 11.7. The van der Waals surface area contributed by atoms with Crippen molar-refractivity contribution in [3.05, 3.63) is 65.5 Å². The Morgan fingerprint density at radius 2 is 2.04 bits per heavy atom. The van der Waals surface area contributed by atoms with Gasteiger partial charge < -0.3 is 10.6 Å². The monoisotopic (exact) mass is 452 g/mol. The van der Waals surface area contributed by atoms with Crippen LogP contribution in [0.2, 0.25) is 0 Å². The van der Waals surface area contributed by atoms with Gasteiger partial charge in [-0.3, -0.25) is 9.98 Å². The largest absolute Gasteiger partial charge is 0.357 e. The van der Waals surface area contributed by atoms with Crippen LogP contribution in [-0.4, -0.2) is 30.6 Å². The SMILES string of the molecule is CCNC(=NCC(C)c1cccc(C)c1)NCCc1cccnc1.I. The standard InChI is InChI=1S/C20H28N4.HI/c1-4-22-20(23-12-10-18-8-6-11-21-15-18)24-14-17(3)19-9-5-7-16(2)13-19;/h5-9,11,13,15,17H,4,10,12,14H2,1-3H3,(H2,22,23,24);1H. The first kappa shape index (κ1) is 21.4. The van der Waals surface area contributed by atoms with Gasteiger partial charge >= 0.3 is 0 Å². The van der Waals surface area contributed by atoms with Crippen molar-refractivity contribution >= 4 is 29.9 Å². The van der Waals surface area contributed by atoms with Crippen LogP contribution >= 0.6 is 24.0 Å². The third kappa shape index (κ3) is 7.86. The summed E-state index contributed by atoms with van der Waals surface area (Å²) in [6, 6.07) is 12.7. The molecule has 0 amide bonds. The zero-order chi connectivity index (χ0) is 17.2. The Labute approximate surface area is 168 Å². The number of hydrogen-bond donors (Lipinski definition) is 2. The summed E-state index contributed by atoms with van der Waals surface area (Å²) in [6.45, 7) is 8.91. The summed E-state index contributed by atoms with van der Waals surface area (Å²) in [5.41, 5.74) is 3.86. The van der Waals surface area contributed by atoms with Gasteiger partial charge in [-0.25, -0.2) is 0 Å². The molecule has 1 aromatic heterocycles. The van der Waals surface area contributed by atoms with Crippen molar-refractivity contribution in [3.63, 3.8) is 0 Å². The van der Waals surface area contributed by atoms with E-state index in [-0.39, 0.29) is 24.0 Å². The average molecular weight is 452 g/mol. The van der Waals surface area contributed by atoms with Crippen molar-refractivity contribution in [2.24, 2.45) is 4.99 Å². The molecular formula is C20H29IN4. The lowest BCUT2D eigenvalue weighted by Gasteiger charge is -2.14. The predicted octanol–water partition coefficient (Wildman–Crippen LogP) is 3.91. The Kier molecular flexibility index (Phi) is 10.1. The summed E-state index contributed by atoms with van der Waals surface area (Å²) in [6.07, 6.45) is 4.65. The number of nitrogens with one attached hydrogen (secondary N) is 2. The molecule has 1 heterocycles. The minimum Gasteiger partial charge on any atom is -0.357 e. The van der Waals surface area contributed by atoms with E-state index in [0.717, 1.165) is 32.0 Å². The number of aryl methyl sites for hydroxylation is 1. The lowest BCUT2D eigenvalue weighted by atomic mass is 10.00. The lowest BCUT2D eigenvalue weighted by Crippen LogP contribution is -2.38. The van der Waals surface area contributed by atoms with E-state index < -0.39 is 0 Å². The van der Waals surface area contributed by atoms with E-state index in [1.54, 1.807) is 6.20 Å². The minimum atomic E-state index is 0. The highest BCUT2D eigenvalue weighted by Gasteiger charge is 2.06. The molecule has 2 N–H and O–H groups in total. The van der Waals surface area contributed by atoms with Crippen LogP contribution in [0.15, 0.2) is 53.8 Å². The second-order valence-electron chi connectivity index (χ2n) is 6.07. The molecule has 0 spiro atoms. The maximum Gasteiger partial charge on any atom is 0.191 e. The fraction of sp³-hybridized carbons (Fsp3) is 0.400. The van der Waals surface area contributed by atoms with Crippen molar-refractivity contribution < 1.29 is 0 Å². The van der Waals surface area contributed by atoms with E-state index in [4.69, 9.17) is 4.99 Å². The number of guanidine groups is 1. The maximum atomic E-state index is 4.73. The van der Waals surface area contributed by atoms with Crippen LogP contribution in [0.25, 0.3) is 0 Å². The summed E-state index contributed by atoms with van der Waals surface area (Å²) in [5.74, 6) is 1.28. The van der Waals surface area contributed by atoms with Crippen LogP contribution in [0.1, 0.15) is 36.5 Å². The topological polar surface area (TPSA) is 49.3 Å². The third-order valence-corrected chi connectivity index (χ3v) is 3.91.